The van der Waals surface area contributed by atoms with Gasteiger partial charge in [0, 0.05) is 5.56 Å². The molecule has 0 saturated heterocycles. The number of anilines is 1. The zero-order chi connectivity index (χ0) is 15.5. The zero-order valence-corrected chi connectivity index (χ0v) is 11.8. The van der Waals surface area contributed by atoms with Crippen LogP contribution in [-0.2, 0) is 11.3 Å². The number of hydrogen-bond acceptors (Lipinski definition) is 7. The van der Waals surface area contributed by atoms with Gasteiger partial charge < -0.3 is 19.4 Å². The van der Waals surface area contributed by atoms with E-state index in [1.54, 1.807) is 13.1 Å². The molecule has 0 unspecified atom stereocenters. The second-order valence-corrected chi connectivity index (χ2v) is 4.57. The summed E-state index contributed by atoms with van der Waals surface area (Å²) in [6, 6.07) is 9.51. The molecule has 3 rings (SSSR count). The van der Waals surface area contributed by atoms with Gasteiger partial charge in [-0.2, -0.15) is 0 Å². The van der Waals surface area contributed by atoms with E-state index in [9.17, 15) is 4.79 Å². The predicted molar refractivity (Wildman–Crippen MR) is 76.7 cm³/mol. The van der Waals surface area contributed by atoms with Crippen LogP contribution in [0.4, 0.5) is 5.88 Å². The number of ether oxygens (including phenoxy) is 1. The van der Waals surface area contributed by atoms with Crippen molar-refractivity contribution in [2.45, 2.75) is 13.5 Å². The van der Waals surface area contributed by atoms with E-state index < -0.39 is 5.97 Å². The number of carbonyl (C=O) groups is 1. The second kappa shape index (κ2) is 5.72. The highest BCUT2D eigenvalue weighted by molar-refractivity contribution is 5.94. The van der Waals surface area contributed by atoms with Crippen molar-refractivity contribution in [3.63, 3.8) is 0 Å². The Kier molecular flexibility index (Phi) is 3.61. The van der Waals surface area contributed by atoms with Gasteiger partial charge in [-0.05, 0) is 6.92 Å². The van der Waals surface area contributed by atoms with Crippen molar-refractivity contribution in [3.05, 3.63) is 53.7 Å². The first-order valence-corrected chi connectivity index (χ1v) is 6.54. The first-order chi connectivity index (χ1) is 10.6. The van der Waals surface area contributed by atoms with Crippen molar-refractivity contribution in [2.24, 2.45) is 0 Å². The molecule has 7 heteroatoms. The van der Waals surface area contributed by atoms with Crippen LogP contribution in [0.5, 0.6) is 0 Å². The number of nitrogen functional groups attached to an aromatic ring is 1. The van der Waals surface area contributed by atoms with Crippen LogP contribution in [0.15, 0.2) is 45.5 Å². The van der Waals surface area contributed by atoms with Gasteiger partial charge in [-0.25, -0.2) is 9.78 Å². The molecule has 0 aliphatic rings. The fourth-order valence-corrected chi connectivity index (χ4v) is 1.95. The molecule has 2 N–H and O–H groups in total. The van der Waals surface area contributed by atoms with Gasteiger partial charge in [-0.1, -0.05) is 35.5 Å². The normalized spacial score (nSPS) is 10.6. The van der Waals surface area contributed by atoms with Crippen LogP contribution >= 0.6 is 0 Å². The fraction of sp³-hybridized carbons (Fsp3) is 0.133. The van der Waals surface area contributed by atoms with Crippen molar-refractivity contribution >= 4 is 11.9 Å². The molecule has 112 valence electrons. The minimum absolute atomic E-state index is 0.0696. The van der Waals surface area contributed by atoms with Gasteiger partial charge in [-0.3, -0.25) is 0 Å². The van der Waals surface area contributed by atoms with E-state index in [0.717, 1.165) is 5.56 Å². The highest BCUT2D eigenvalue weighted by Crippen LogP contribution is 2.21. The number of oxazole rings is 1. The summed E-state index contributed by atoms with van der Waals surface area (Å²) in [5, 5.41) is 3.60. The third-order valence-electron chi connectivity index (χ3n) is 3.03. The van der Waals surface area contributed by atoms with E-state index in [1.165, 1.54) is 0 Å². The topological polar surface area (TPSA) is 104 Å². The van der Waals surface area contributed by atoms with Crippen molar-refractivity contribution in [1.29, 1.82) is 0 Å². The standard InChI is InChI=1S/C15H13N3O4/c1-9-13(14(16)22-18-9)15(19)20-8-12-17-7-11(21-12)10-5-3-2-4-6-10/h2-7H,8,16H2,1H3. The maximum Gasteiger partial charge on any atom is 0.346 e. The number of carbonyl (C=O) groups excluding carboxylic acids is 1. The molecule has 0 amide bonds. The Morgan fingerprint density at radius 3 is 2.77 bits per heavy atom. The van der Waals surface area contributed by atoms with Crippen LogP contribution in [0.1, 0.15) is 21.9 Å². The molecule has 0 aliphatic carbocycles. The van der Waals surface area contributed by atoms with Gasteiger partial charge in [0.1, 0.15) is 5.56 Å². The molecule has 2 aromatic heterocycles. The average molecular weight is 299 g/mol. The molecule has 0 fully saturated rings. The van der Waals surface area contributed by atoms with E-state index in [4.69, 9.17) is 19.4 Å². The highest BCUT2D eigenvalue weighted by atomic mass is 16.5. The number of aryl methyl sites for hydroxylation is 1. The number of aromatic nitrogens is 2. The highest BCUT2D eigenvalue weighted by Gasteiger charge is 2.20. The number of nitrogens with zero attached hydrogens (tertiary/aromatic N) is 2. The van der Waals surface area contributed by atoms with Gasteiger partial charge in [0.2, 0.25) is 11.8 Å². The van der Waals surface area contributed by atoms with Crippen molar-refractivity contribution in [1.82, 2.24) is 10.1 Å². The van der Waals surface area contributed by atoms with E-state index in [0.29, 0.717) is 17.3 Å². The van der Waals surface area contributed by atoms with Crippen molar-refractivity contribution in [2.75, 3.05) is 5.73 Å². The molecule has 3 aromatic rings. The molecule has 0 aliphatic heterocycles. The summed E-state index contributed by atoms with van der Waals surface area (Å²) >= 11 is 0. The molecule has 0 atom stereocenters. The molecule has 0 radical (unpaired) electrons. The molecule has 0 spiro atoms. The minimum atomic E-state index is -0.629. The Morgan fingerprint density at radius 2 is 2.09 bits per heavy atom. The molecule has 2 heterocycles. The molecular formula is C15H13N3O4. The van der Waals surface area contributed by atoms with Gasteiger partial charge >= 0.3 is 5.97 Å². The van der Waals surface area contributed by atoms with Crippen LogP contribution < -0.4 is 5.73 Å². The van der Waals surface area contributed by atoms with Gasteiger partial charge in [0.05, 0.1) is 11.9 Å². The van der Waals surface area contributed by atoms with Crippen LogP contribution in [0.25, 0.3) is 11.3 Å². The van der Waals surface area contributed by atoms with E-state index in [-0.39, 0.29) is 18.1 Å². The lowest BCUT2D eigenvalue weighted by atomic mass is 10.2. The summed E-state index contributed by atoms with van der Waals surface area (Å²) in [6.45, 7) is 1.50. The summed E-state index contributed by atoms with van der Waals surface area (Å²) in [7, 11) is 0. The van der Waals surface area contributed by atoms with Crippen LogP contribution in [0, 0.1) is 6.92 Å². The molecular weight excluding hydrogens is 286 g/mol. The number of rotatable bonds is 4. The Hall–Kier alpha value is -3.09. The Morgan fingerprint density at radius 1 is 1.32 bits per heavy atom. The molecule has 1 aromatic carbocycles. The van der Waals surface area contributed by atoms with Gasteiger partial charge in [0.15, 0.2) is 12.4 Å². The predicted octanol–water partition coefficient (Wildman–Crippen LogP) is 2.58. The number of hydrogen-bond donors (Lipinski definition) is 1. The Bertz CT molecular complexity index is 773. The molecule has 0 bridgehead atoms. The summed E-state index contributed by atoms with van der Waals surface area (Å²) < 4.78 is 15.4. The van der Waals surface area contributed by atoms with Gasteiger partial charge in [-0.15, -0.1) is 0 Å². The van der Waals surface area contributed by atoms with E-state index in [1.807, 2.05) is 30.3 Å². The van der Waals surface area contributed by atoms with Crippen LogP contribution in [0.3, 0.4) is 0 Å². The lowest BCUT2D eigenvalue weighted by Crippen LogP contribution is -2.08. The summed E-state index contributed by atoms with van der Waals surface area (Å²) in [6.07, 6.45) is 1.58. The lowest BCUT2D eigenvalue weighted by Gasteiger charge is -2.01. The maximum atomic E-state index is 11.9. The van der Waals surface area contributed by atoms with E-state index >= 15 is 0 Å². The van der Waals surface area contributed by atoms with Crippen molar-refractivity contribution in [3.8, 4) is 11.3 Å². The first-order valence-electron chi connectivity index (χ1n) is 6.54. The molecule has 0 saturated carbocycles. The monoisotopic (exact) mass is 299 g/mol. The summed E-state index contributed by atoms with van der Waals surface area (Å²) in [5.41, 5.74) is 6.91. The second-order valence-electron chi connectivity index (χ2n) is 4.57. The minimum Gasteiger partial charge on any atom is -0.452 e. The summed E-state index contributed by atoms with van der Waals surface area (Å²) in [4.78, 5) is 16.0. The maximum absolute atomic E-state index is 11.9. The van der Waals surface area contributed by atoms with Crippen LogP contribution in [0.2, 0.25) is 0 Å². The smallest absolute Gasteiger partial charge is 0.346 e. The Labute approximate surface area is 125 Å². The number of benzene rings is 1. The first kappa shape index (κ1) is 13.9. The quantitative estimate of drug-likeness (QED) is 0.738. The third-order valence-corrected chi connectivity index (χ3v) is 3.03. The van der Waals surface area contributed by atoms with Crippen LogP contribution in [-0.4, -0.2) is 16.1 Å². The largest absolute Gasteiger partial charge is 0.452 e. The van der Waals surface area contributed by atoms with E-state index in [2.05, 4.69) is 10.1 Å². The summed E-state index contributed by atoms with van der Waals surface area (Å²) in [5.74, 6) is 0.197. The molecule has 7 nitrogen and oxygen atoms in total. The average Bonchev–Trinajstić information content (AvgIpc) is 3.13. The van der Waals surface area contributed by atoms with Gasteiger partial charge in [0.25, 0.3) is 0 Å². The lowest BCUT2D eigenvalue weighted by molar-refractivity contribution is 0.0439. The number of esters is 1. The number of nitrogens with two attached hydrogens (primary N) is 1. The zero-order valence-electron chi connectivity index (χ0n) is 11.8. The SMILES string of the molecule is Cc1noc(N)c1C(=O)OCc1ncc(-c2ccccc2)o1. The molecule has 22 heavy (non-hydrogen) atoms. The fourth-order valence-electron chi connectivity index (χ4n) is 1.95. The van der Waals surface area contributed by atoms with Crippen molar-refractivity contribution < 1.29 is 18.5 Å². The third kappa shape index (κ3) is 2.69. The Balaban J connectivity index is 1.68.